The lowest BCUT2D eigenvalue weighted by molar-refractivity contribution is -0.113. The molecule has 1 aromatic carbocycles. The van der Waals surface area contributed by atoms with Crippen molar-refractivity contribution in [3.05, 3.63) is 29.8 Å². The standard InChI is InChI=1S/C14H19NO3/c1-3-9-18-12-7-5-11(6-8-14(15)16)10-13(12)17-4-2/h5-8,10H,3-4,9H2,1-2H3,(H2,15,16)/b8-6-. The molecule has 0 bridgehead atoms. The van der Waals surface area contributed by atoms with Crippen molar-refractivity contribution in [2.45, 2.75) is 20.3 Å². The van der Waals surface area contributed by atoms with E-state index in [0.29, 0.717) is 19.0 Å². The number of hydrogen-bond acceptors (Lipinski definition) is 3. The number of ether oxygens (including phenoxy) is 2. The van der Waals surface area contributed by atoms with E-state index in [4.69, 9.17) is 15.2 Å². The minimum atomic E-state index is -0.473. The van der Waals surface area contributed by atoms with Gasteiger partial charge in [0.15, 0.2) is 11.5 Å². The van der Waals surface area contributed by atoms with E-state index in [9.17, 15) is 4.79 Å². The lowest BCUT2D eigenvalue weighted by Gasteiger charge is -2.11. The largest absolute Gasteiger partial charge is 0.490 e. The molecule has 98 valence electrons. The van der Waals surface area contributed by atoms with E-state index in [-0.39, 0.29) is 0 Å². The van der Waals surface area contributed by atoms with Crippen LogP contribution in [0.2, 0.25) is 0 Å². The Morgan fingerprint density at radius 1 is 1.28 bits per heavy atom. The second-order valence-corrected chi connectivity index (χ2v) is 3.72. The summed E-state index contributed by atoms with van der Waals surface area (Å²) in [5.74, 6) is 0.923. The predicted molar refractivity (Wildman–Crippen MR) is 71.6 cm³/mol. The van der Waals surface area contributed by atoms with Gasteiger partial charge in [-0.25, -0.2) is 0 Å². The number of carbonyl (C=O) groups is 1. The van der Waals surface area contributed by atoms with E-state index in [0.717, 1.165) is 17.7 Å². The Kier molecular flexibility index (Phi) is 5.77. The molecule has 18 heavy (non-hydrogen) atoms. The number of rotatable bonds is 7. The fourth-order valence-electron chi connectivity index (χ4n) is 1.41. The van der Waals surface area contributed by atoms with Crippen molar-refractivity contribution in [3.8, 4) is 11.5 Å². The van der Waals surface area contributed by atoms with Crippen LogP contribution in [0.1, 0.15) is 25.8 Å². The number of carbonyl (C=O) groups excluding carboxylic acids is 1. The van der Waals surface area contributed by atoms with Gasteiger partial charge in [0.05, 0.1) is 13.2 Å². The molecule has 0 aliphatic heterocycles. The summed E-state index contributed by atoms with van der Waals surface area (Å²) in [5, 5.41) is 0. The molecule has 0 saturated carbocycles. The SMILES string of the molecule is CCCOc1ccc(/C=C\C(N)=O)cc1OCC. The Morgan fingerprint density at radius 2 is 2.06 bits per heavy atom. The molecule has 0 heterocycles. The molecule has 1 amide bonds. The minimum absolute atomic E-state index is 0.473. The Labute approximate surface area is 107 Å². The normalized spacial score (nSPS) is 10.6. The fraction of sp³-hybridized carbons (Fsp3) is 0.357. The summed E-state index contributed by atoms with van der Waals surface area (Å²) in [4.78, 5) is 10.7. The van der Waals surface area contributed by atoms with E-state index in [1.54, 1.807) is 6.08 Å². The molecule has 0 fully saturated rings. The smallest absolute Gasteiger partial charge is 0.241 e. The molecule has 0 saturated heterocycles. The van der Waals surface area contributed by atoms with E-state index in [1.807, 2.05) is 32.0 Å². The van der Waals surface area contributed by atoms with Gasteiger partial charge in [0.2, 0.25) is 5.91 Å². The quantitative estimate of drug-likeness (QED) is 0.755. The van der Waals surface area contributed by atoms with Gasteiger partial charge in [0.25, 0.3) is 0 Å². The summed E-state index contributed by atoms with van der Waals surface area (Å²) < 4.78 is 11.1. The zero-order chi connectivity index (χ0) is 13.4. The predicted octanol–water partition coefficient (Wildman–Crippen LogP) is 2.37. The Bertz CT molecular complexity index is 427. The van der Waals surface area contributed by atoms with Crippen LogP contribution in [0.15, 0.2) is 24.3 Å². The van der Waals surface area contributed by atoms with Gasteiger partial charge in [-0.05, 0) is 37.1 Å². The molecular formula is C14H19NO3. The average molecular weight is 249 g/mol. The van der Waals surface area contributed by atoms with Gasteiger partial charge in [-0.2, -0.15) is 0 Å². The molecule has 0 radical (unpaired) electrons. The summed E-state index contributed by atoms with van der Waals surface area (Å²) in [6, 6.07) is 5.52. The van der Waals surface area contributed by atoms with E-state index >= 15 is 0 Å². The second kappa shape index (κ2) is 7.37. The highest BCUT2D eigenvalue weighted by molar-refractivity contribution is 5.90. The van der Waals surface area contributed by atoms with E-state index in [2.05, 4.69) is 0 Å². The van der Waals surface area contributed by atoms with Gasteiger partial charge in [-0.1, -0.05) is 13.0 Å². The van der Waals surface area contributed by atoms with Crippen molar-refractivity contribution in [1.82, 2.24) is 0 Å². The van der Waals surface area contributed by atoms with Gasteiger partial charge in [-0.3, -0.25) is 4.79 Å². The molecule has 0 unspecified atom stereocenters. The topological polar surface area (TPSA) is 61.5 Å². The Balaban J connectivity index is 2.91. The maximum atomic E-state index is 10.7. The Morgan fingerprint density at radius 3 is 2.67 bits per heavy atom. The van der Waals surface area contributed by atoms with Crippen molar-refractivity contribution >= 4 is 12.0 Å². The number of hydrogen-bond donors (Lipinski definition) is 1. The summed E-state index contributed by atoms with van der Waals surface area (Å²) in [6.45, 7) is 5.17. The lowest BCUT2D eigenvalue weighted by Crippen LogP contribution is -2.05. The van der Waals surface area contributed by atoms with E-state index < -0.39 is 5.91 Å². The third-order valence-electron chi connectivity index (χ3n) is 2.17. The second-order valence-electron chi connectivity index (χ2n) is 3.72. The summed E-state index contributed by atoms with van der Waals surface area (Å²) in [6.07, 6.45) is 3.90. The average Bonchev–Trinajstić information content (AvgIpc) is 2.35. The first-order valence-corrected chi connectivity index (χ1v) is 6.04. The van der Waals surface area contributed by atoms with Gasteiger partial charge in [0, 0.05) is 6.08 Å². The third-order valence-corrected chi connectivity index (χ3v) is 2.17. The summed E-state index contributed by atoms with van der Waals surface area (Å²) in [7, 11) is 0. The highest BCUT2D eigenvalue weighted by Crippen LogP contribution is 2.29. The number of amides is 1. The number of nitrogens with two attached hydrogens (primary N) is 1. The first kappa shape index (κ1) is 14.1. The van der Waals surface area contributed by atoms with Gasteiger partial charge < -0.3 is 15.2 Å². The lowest BCUT2D eigenvalue weighted by atomic mass is 10.2. The van der Waals surface area contributed by atoms with Crippen molar-refractivity contribution < 1.29 is 14.3 Å². The van der Waals surface area contributed by atoms with Crippen molar-refractivity contribution in [3.63, 3.8) is 0 Å². The zero-order valence-electron chi connectivity index (χ0n) is 10.8. The molecular weight excluding hydrogens is 230 g/mol. The van der Waals surface area contributed by atoms with Gasteiger partial charge in [-0.15, -0.1) is 0 Å². The van der Waals surface area contributed by atoms with Crippen LogP contribution in [0.4, 0.5) is 0 Å². The molecule has 4 heteroatoms. The highest BCUT2D eigenvalue weighted by Gasteiger charge is 2.05. The van der Waals surface area contributed by atoms with Crippen LogP contribution in [0.3, 0.4) is 0 Å². The van der Waals surface area contributed by atoms with Crippen LogP contribution < -0.4 is 15.2 Å². The van der Waals surface area contributed by atoms with Crippen LogP contribution in [-0.4, -0.2) is 19.1 Å². The van der Waals surface area contributed by atoms with Crippen LogP contribution in [0, 0.1) is 0 Å². The Hall–Kier alpha value is -1.97. The summed E-state index contributed by atoms with van der Waals surface area (Å²) in [5.41, 5.74) is 5.90. The number of primary amides is 1. The van der Waals surface area contributed by atoms with Crippen LogP contribution in [0.25, 0.3) is 6.08 Å². The van der Waals surface area contributed by atoms with Crippen molar-refractivity contribution in [2.75, 3.05) is 13.2 Å². The highest BCUT2D eigenvalue weighted by atomic mass is 16.5. The number of benzene rings is 1. The van der Waals surface area contributed by atoms with Crippen molar-refractivity contribution in [2.24, 2.45) is 5.73 Å². The van der Waals surface area contributed by atoms with Gasteiger partial charge >= 0.3 is 0 Å². The molecule has 1 rings (SSSR count). The molecule has 4 nitrogen and oxygen atoms in total. The maximum absolute atomic E-state index is 10.7. The first-order valence-electron chi connectivity index (χ1n) is 6.04. The van der Waals surface area contributed by atoms with E-state index in [1.165, 1.54) is 6.08 Å². The molecule has 1 aromatic rings. The van der Waals surface area contributed by atoms with Crippen LogP contribution in [-0.2, 0) is 4.79 Å². The molecule has 0 atom stereocenters. The molecule has 0 spiro atoms. The molecule has 0 aliphatic carbocycles. The summed E-state index contributed by atoms with van der Waals surface area (Å²) >= 11 is 0. The monoisotopic (exact) mass is 249 g/mol. The maximum Gasteiger partial charge on any atom is 0.241 e. The fourth-order valence-corrected chi connectivity index (χ4v) is 1.41. The minimum Gasteiger partial charge on any atom is -0.490 e. The molecule has 0 aromatic heterocycles. The third kappa shape index (κ3) is 4.49. The molecule has 2 N–H and O–H groups in total. The first-order chi connectivity index (χ1) is 8.67. The van der Waals surface area contributed by atoms with Crippen LogP contribution in [0.5, 0.6) is 11.5 Å². The molecule has 0 aliphatic rings. The van der Waals surface area contributed by atoms with Gasteiger partial charge in [0.1, 0.15) is 0 Å². The van der Waals surface area contributed by atoms with Crippen molar-refractivity contribution in [1.29, 1.82) is 0 Å². The van der Waals surface area contributed by atoms with Crippen LogP contribution >= 0.6 is 0 Å². The zero-order valence-corrected chi connectivity index (χ0v) is 10.8.